The van der Waals surface area contributed by atoms with Crippen molar-refractivity contribution in [2.45, 2.75) is 25.9 Å². The van der Waals surface area contributed by atoms with E-state index in [1.807, 2.05) is 17.0 Å². The number of rotatable bonds is 8. The Morgan fingerprint density at radius 3 is 2.42 bits per heavy atom. The summed E-state index contributed by atoms with van der Waals surface area (Å²) in [4.78, 5) is 18.4. The van der Waals surface area contributed by atoms with Crippen LogP contribution in [-0.4, -0.2) is 43.5 Å². The molecule has 0 radical (unpaired) electrons. The van der Waals surface area contributed by atoms with E-state index >= 15 is 0 Å². The number of carbonyl (C=O) groups excluding carboxylic acids is 1. The first kappa shape index (κ1) is 24.8. The summed E-state index contributed by atoms with van der Waals surface area (Å²) in [7, 11) is 1.64. The summed E-state index contributed by atoms with van der Waals surface area (Å²) in [5.74, 6) is -0.660. The van der Waals surface area contributed by atoms with Crippen LogP contribution in [0.25, 0.3) is 0 Å². The van der Waals surface area contributed by atoms with Crippen molar-refractivity contribution in [3.63, 3.8) is 0 Å². The van der Waals surface area contributed by atoms with Crippen LogP contribution in [0, 0.1) is 11.6 Å². The third-order valence-electron chi connectivity index (χ3n) is 4.82. The van der Waals surface area contributed by atoms with E-state index in [9.17, 15) is 13.6 Å². The molecule has 0 fully saturated rings. The van der Waals surface area contributed by atoms with E-state index in [4.69, 9.17) is 4.74 Å². The van der Waals surface area contributed by atoms with Crippen LogP contribution in [0.2, 0.25) is 0 Å². The van der Waals surface area contributed by atoms with Gasteiger partial charge in [-0.25, -0.2) is 8.78 Å². The van der Waals surface area contributed by atoms with E-state index in [1.165, 1.54) is 17.2 Å². The average Bonchev–Trinajstić information content (AvgIpc) is 3.18. The Balaban J connectivity index is 0.00000341. The highest BCUT2D eigenvalue weighted by Crippen LogP contribution is 2.22. The topological polar surface area (TPSA) is 66.0 Å². The summed E-state index contributed by atoms with van der Waals surface area (Å²) in [5.41, 5.74) is 2.44. The number of nitrogens with zero attached hydrogens (tertiary/aromatic N) is 2. The SMILES string of the molecule is CN=C(NCCCC(=O)N1Cc2ccccc2C1)NCCOc1ccc(F)cc1F.I. The largest absolute Gasteiger partial charge is 0.489 e. The molecule has 1 amide bonds. The summed E-state index contributed by atoms with van der Waals surface area (Å²) in [6, 6.07) is 11.3. The van der Waals surface area contributed by atoms with Crippen molar-refractivity contribution in [1.29, 1.82) is 0 Å². The van der Waals surface area contributed by atoms with Crippen molar-refractivity contribution < 1.29 is 18.3 Å². The zero-order chi connectivity index (χ0) is 21.3. The van der Waals surface area contributed by atoms with Gasteiger partial charge in [0.2, 0.25) is 5.91 Å². The van der Waals surface area contributed by atoms with E-state index in [0.29, 0.717) is 45.0 Å². The zero-order valence-electron chi connectivity index (χ0n) is 17.4. The molecular formula is C22H27F2IN4O2. The number of fused-ring (bicyclic) bond motifs is 1. The second-order valence-electron chi connectivity index (χ2n) is 6.97. The molecule has 0 saturated carbocycles. The summed E-state index contributed by atoms with van der Waals surface area (Å²) >= 11 is 0. The fraction of sp³-hybridized carbons (Fsp3) is 0.364. The van der Waals surface area contributed by atoms with E-state index < -0.39 is 11.6 Å². The predicted molar refractivity (Wildman–Crippen MR) is 127 cm³/mol. The lowest BCUT2D eigenvalue weighted by Gasteiger charge is -2.16. The quantitative estimate of drug-likeness (QED) is 0.231. The van der Waals surface area contributed by atoms with Crippen molar-refractivity contribution in [3.8, 4) is 5.75 Å². The lowest BCUT2D eigenvalue weighted by Crippen LogP contribution is -2.40. The van der Waals surface area contributed by atoms with Gasteiger partial charge in [0.05, 0.1) is 6.54 Å². The van der Waals surface area contributed by atoms with Gasteiger partial charge in [-0.2, -0.15) is 0 Å². The number of halogens is 3. The number of amides is 1. The van der Waals surface area contributed by atoms with Gasteiger partial charge < -0.3 is 20.3 Å². The molecule has 31 heavy (non-hydrogen) atoms. The smallest absolute Gasteiger partial charge is 0.223 e. The Hall–Kier alpha value is -2.43. The maximum Gasteiger partial charge on any atom is 0.223 e. The molecule has 9 heteroatoms. The minimum Gasteiger partial charge on any atom is -0.489 e. The fourth-order valence-electron chi connectivity index (χ4n) is 3.26. The van der Waals surface area contributed by atoms with Crippen molar-refractivity contribution in [1.82, 2.24) is 15.5 Å². The molecule has 2 aromatic carbocycles. The molecule has 168 valence electrons. The molecule has 0 aromatic heterocycles. The summed E-state index contributed by atoms with van der Waals surface area (Å²) in [6.07, 6.45) is 1.15. The van der Waals surface area contributed by atoms with Crippen molar-refractivity contribution in [3.05, 3.63) is 65.2 Å². The van der Waals surface area contributed by atoms with E-state index in [-0.39, 0.29) is 42.2 Å². The van der Waals surface area contributed by atoms with Gasteiger partial charge in [0.15, 0.2) is 17.5 Å². The number of hydrogen-bond acceptors (Lipinski definition) is 3. The molecule has 0 bridgehead atoms. The maximum atomic E-state index is 13.5. The van der Waals surface area contributed by atoms with Gasteiger partial charge in [-0.1, -0.05) is 24.3 Å². The number of aliphatic imine (C=N–C) groups is 1. The van der Waals surface area contributed by atoms with Gasteiger partial charge in [-0.3, -0.25) is 9.79 Å². The van der Waals surface area contributed by atoms with Crippen LogP contribution in [0.4, 0.5) is 8.78 Å². The molecule has 2 aromatic rings. The van der Waals surface area contributed by atoms with Gasteiger partial charge in [0.25, 0.3) is 0 Å². The van der Waals surface area contributed by atoms with Crippen LogP contribution in [0.5, 0.6) is 5.75 Å². The number of hydrogen-bond donors (Lipinski definition) is 2. The number of carbonyl (C=O) groups is 1. The fourth-order valence-corrected chi connectivity index (χ4v) is 3.26. The molecule has 0 unspecified atom stereocenters. The minimum absolute atomic E-state index is 0. The number of ether oxygens (including phenoxy) is 1. The first-order chi connectivity index (χ1) is 14.6. The molecule has 3 rings (SSSR count). The number of guanidine groups is 1. The molecule has 6 nitrogen and oxygen atoms in total. The van der Waals surface area contributed by atoms with Gasteiger partial charge in [0, 0.05) is 39.2 Å². The predicted octanol–water partition coefficient (Wildman–Crippen LogP) is 3.45. The van der Waals surface area contributed by atoms with Crippen LogP contribution in [0.3, 0.4) is 0 Å². The highest BCUT2D eigenvalue weighted by Gasteiger charge is 2.22. The minimum atomic E-state index is -0.733. The van der Waals surface area contributed by atoms with Gasteiger partial charge >= 0.3 is 0 Å². The van der Waals surface area contributed by atoms with Gasteiger partial charge in [0.1, 0.15) is 12.4 Å². The highest BCUT2D eigenvalue weighted by molar-refractivity contribution is 14.0. The molecule has 0 aliphatic carbocycles. The summed E-state index contributed by atoms with van der Waals surface area (Å²) in [6.45, 7) is 2.54. The van der Waals surface area contributed by atoms with E-state index in [0.717, 1.165) is 12.1 Å². The Labute approximate surface area is 198 Å². The van der Waals surface area contributed by atoms with Crippen LogP contribution >= 0.6 is 24.0 Å². The normalized spacial score (nSPS) is 12.7. The Morgan fingerprint density at radius 1 is 1.10 bits per heavy atom. The highest BCUT2D eigenvalue weighted by atomic mass is 127. The molecule has 2 N–H and O–H groups in total. The maximum absolute atomic E-state index is 13.5. The molecule has 1 heterocycles. The van der Waals surface area contributed by atoms with Gasteiger partial charge in [-0.05, 0) is 29.7 Å². The van der Waals surface area contributed by atoms with E-state index in [2.05, 4.69) is 27.8 Å². The third kappa shape index (κ3) is 7.34. The number of benzene rings is 2. The first-order valence-corrected chi connectivity index (χ1v) is 9.93. The average molecular weight is 544 g/mol. The zero-order valence-corrected chi connectivity index (χ0v) is 19.7. The van der Waals surface area contributed by atoms with Crippen LogP contribution in [0.15, 0.2) is 47.5 Å². The molecular weight excluding hydrogens is 517 g/mol. The molecule has 0 saturated heterocycles. The molecule has 0 atom stereocenters. The molecule has 0 spiro atoms. The molecule has 1 aliphatic heterocycles. The Morgan fingerprint density at radius 2 is 1.77 bits per heavy atom. The Kier molecular flexibility index (Phi) is 9.96. The van der Waals surface area contributed by atoms with Crippen molar-refractivity contribution >= 4 is 35.8 Å². The van der Waals surface area contributed by atoms with Crippen LogP contribution < -0.4 is 15.4 Å². The van der Waals surface area contributed by atoms with Crippen molar-refractivity contribution in [2.75, 3.05) is 26.7 Å². The summed E-state index contributed by atoms with van der Waals surface area (Å²) in [5, 5.41) is 6.19. The van der Waals surface area contributed by atoms with Gasteiger partial charge in [-0.15, -0.1) is 24.0 Å². The Bertz CT molecular complexity index is 886. The first-order valence-electron chi connectivity index (χ1n) is 9.93. The number of nitrogens with one attached hydrogen (secondary N) is 2. The standard InChI is InChI=1S/C22H26F2N4O2.HI/c1-25-22(27-11-12-30-20-9-8-18(23)13-19(20)24)26-10-4-7-21(29)28-14-16-5-2-3-6-17(16)15-28;/h2-3,5-6,8-9,13H,4,7,10-12,14-15H2,1H3,(H2,25,26,27);1H. The van der Waals surface area contributed by atoms with Crippen molar-refractivity contribution in [2.24, 2.45) is 4.99 Å². The van der Waals surface area contributed by atoms with E-state index in [1.54, 1.807) is 7.05 Å². The second kappa shape index (κ2) is 12.4. The lowest BCUT2D eigenvalue weighted by atomic mass is 10.1. The summed E-state index contributed by atoms with van der Waals surface area (Å²) < 4.78 is 31.7. The lowest BCUT2D eigenvalue weighted by molar-refractivity contribution is -0.131. The third-order valence-corrected chi connectivity index (χ3v) is 4.82. The van der Waals surface area contributed by atoms with Crippen LogP contribution in [-0.2, 0) is 17.9 Å². The second-order valence-corrected chi connectivity index (χ2v) is 6.97. The monoisotopic (exact) mass is 544 g/mol. The van der Waals surface area contributed by atoms with Crippen LogP contribution in [0.1, 0.15) is 24.0 Å². The molecule has 1 aliphatic rings.